The lowest BCUT2D eigenvalue weighted by atomic mass is 9.94. The van der Waals surface area contributed by atoms with E-state index < -0.39 is 17.7 Å². The van der Waals surface area contributed by atoms with E-state index >= 15 is 0 Å². The molecule has 1 saturated heterocycles. The fraction of sp³-hybridized carbons (Fsp3) is 0.269. The molecule has 0 aliphatic carbocycles. The Morgan fingerprint density at radius 1 is 1.14 bits per heavy atom. The second-order valence-corrected chi connectivity index (χ2v) is 8.37. The monoisotopic (exact) mass is 495 g/mol. The number of nitrogens with zero attached hydrogens (tertiary/aromatic N) is 3. The maximum absolute atomic E-state index is 13.2. The summed E-state index contributed by atoms with van der Waals surface area (Å²) in [5, 5.41) is 11.6. The van der Waals surface area contributed by atoms with Crippen LogP contribution in [-0.4, -0.2) is 51.5 Å². The van der Waals surface area contributed by atoms with Crippen LogP contribution in [0.3, 0.4) is 0 Å². The molecule has 1 aliphatic rings. The molecule has 1 N–H and O–H groups in total. The van der Waals surface area contributed by atoms with Crippen molar-refractivity contribution < 1.29 is 24.2 Å². The molecular weight excluding hydrogens is 470 g/mol. The molecule has 3 aromatic rings. The number of methoxy groups -OCH3 is 1. The van der Waals surface area contributed by atoms with Gasteiger partial charge < -0.3 is 24.0 Å². The highest BCUT2D eigenvalue weighted by molar-refractivity contribution is 6.46. The number of aliphatic hydroxyl groups is 1. The van der Waals surface area contributed by atoms with E-state index in [1.165, 1.54) is 18.1 Å². The van der Waals surface area contributed by atoms with E-state index in [9.17, 15) is 14.7 Å². The van der Waals surface area contributed by atoms with Crippen LogP contribution in [0, 0.1) is 0 Å². The van der Waals surface area contributed by atoms with Crippen molar-refractivity contribution in [3.63, 3.8) is 0 Å². The standard InChI is InChI=1S/C26H26ClN3O5/c1-3-35-21-10-9-17(15-19(21)27)24(31)22-23(18-7-4-5-8-20(18)34-2)30(26(33)25(22)32)13-6-12-29-14-11-28-16-29/h4-5,7-11,14-16,23,31H,3,6,12-13H2,1-2H3/b24-22+/t23-/m0/s1. The summed E-state index contributed by atoms with van der Waals surface area (Å²) in [6.45, 7) is 3.19. The van der Waals surface area contributed by atoms with E-state index in [0.29, 0.717) is 53.8 Å². The molecule has 0 radical (unpaired) electrons. The smallest absolute Gasteiger partial charge is 0.295 e. The molecule has 4 rings (SSSR count). The number of hydrogen-bond acceptors (Lipinski definition) is 6. The molecule has 9 heteroatoms. The summed E-state index contributed by atoms with van der Waals surface area (Å²) < 4.78 is 12.9. The molecule has 1 atom stereocenters. The molecule has 182 valence electrons. The van der Waals surface area contributed by atoms with Crippen LogP contribution in [0.5, 0.6) is 11.5 Å². The SMILES string of the molecule is CCOc1ccc(/C(O)=C2\C(=O)C(=O)N(CCCn3ccnc3)[C@H]2c2ccccc2OC)cc1Cl. The van der Waals surface area contributed by atoms with Gasteiger partial charge in [-0.3, -0.25) is 9.59 Å². The number of rotatable bonds is 9. The maximum atomic E-state index is 13.2. The number of carbonyl (C=O) groups excluding carboxylic acids is 2. The fourth-order valence-corrected chi connectivity index (χ4v) is 4.48. The van der Waals surface area contributed by atoms with Crippen molar-refractivity contribution in [2.24, 2.45) is 0 Å². The van der Waals surface area contributed by atoms with Crippen molar-refractivity contribution >= 4 is 29.1 Å². The Kier molecular flexibility index (Phi) is 7.41. The first-order chi connectivity index (χ1) is 17.0. The summed E-state index contributed by atoms with van der Waals surface area (Å²) in [4.78, 5) is 31.9. The summed E-state index contributed by atoms with van der Waals surface area (Å²) in [7, 11) is 1.52. The van der Waals surface area contributed by atoms with Gasteiger partial charge in [0.25, 0.3) is 11.7 Å². The number of amides is 1. The number of ether oxygens (including phenoxy) is 2. The number of carbonyl (C=O) groups is 2. The number of halogens is 1. The van der Waals surface area contributed by atoms with Crippen LogP contribution in [0.1, 0.15) is 30.5 Å². The van der Waals surface area contributed by atoms with Crippen LogP contribution in [0.2, 0.25) is 5.02 Å². The van der Waals surface area contributed by atoms with Gasteiger partial charge in [-0.1, -0.05) is 29.8 Å². The minimum absolute atomic E-state index is 0.0117. The normalized spacial score (nSPS) is 17.1. The Hall–Kier alpha value is -3.78. The minimum Gasteiger partial charge on any atom is -0.507 e. The van der Waals surface area contributed by atoms with Gasteiger partial charge in [0.05, 0.1) is 36.7 Å². The molecular formula is C26H26ClN3O5. The molecule has 0 unspecified atom stereocenters. The predicted octanol–water partition coefficient (Wildman–Crippen LogP) is 4.46. The molecule has 1 amide bonds. The van der Waals surface area contributed by atoms with Gasteiger partial charge >= 0.3 is 0 Å². The molecule has 1 aromatic heterocycles. The number of aryl methyl sites for hydroxylation is 1. The van der Waals surface area contributed by atoms with E-state index in [-0.39, 0.29) is 11.3 Å². The lowest BCUT2D eigenvalue weighted by molar-refractivity contribution is -0.140. The maximum Gasteiger partial charge on any atom is 0.295 e. The zero-order valence-corrected chi connectivity index (χ0v) is 20.2. The van der Waals surface area contributed by atoms with Gasteiger partial charge in [-0.25, -0.2) is 4.98 Å². The van der Waals surface area contributed by atoms with Crippen LogP contribution in [0.25, 0.3) is 5.76 Å². The van der Waals surface area contributed by atoms with Gasteiger partial charge in [-0.15, -0.1) is 0 Å². The fourth-order valence-electron chi connectivity index (χ4n) is 4.25. The molecule has 35 heavy (non-hydrogen) atoms. The number of likely N-dealkylation sites (tertiary alicyclic amines) is 1. The van der Waals surface area contributed by atoms with Gasteiger partial charge in [0.1, 0.15) is 17.3 Å². The number of ketones is 1. The number of Topliss-reactive ketones (excluding diaryl/α,β-unsaturated/α-hetero) is 1. The first kappa shape index (κ1) is 24.3. The number of para-hydroxylation sites is 1. The topological polar surface area (TPSA) is 93.9 Å². The molecule has 0 spiro atoms. The summed E-state index contributed by atoms with van der Waals surface area (Å²) >= 11 is 6.32. The van der Waals surface area contributed by atoms with Crippen LogP contribution in [-0.2, 0) is 16.1 Å². The number of aliphatic hydroxyl groups excluding tert-OH is 1. The largest absolute Gasteiger partial charge is 0.507 e. The Morgan fingerprint density at radius 2 is 1.94 bits per heavy atom. The van der Waals surface area contributed by atoms with Crippen molar-refractivity contribution in [1.29, 1.82) is 0 Å². The summed E-state index contributed by atoms with van der Waals surface area (Å²) in [6.07, 6.45) is 5.80. The van der Waals surface area contributed by atoms with Crippen molar-refractivity contribution in [3.05, 3.63) is 82.9 Å². The van der Waals surface area contributed by atoms with E-state index in [1.807, 2.05) is 17.7 Å². The molecule has 2 aromatic carbocycles. The van der Waals surface area contributed by atoms with E-state index in [2.05, 4.69) is 4.98 Å². The van der Waals surface area contributed by atoms with E-state index in [1.54, 1.807) is 48.9 Å². The number of aromatic nitrogens is 2. The highest BCUT2D eigenvalue weighted by atomic mass is 35.5. The van der Waals surface area contributed by atoms with Gasteiger partial charge in [-0.2, -0.15) is 0 Å². The Bertz CT molecular complexity index is 1260. The third-order valence-electron chi connectivity index (χ3n) is 5.85. The molecule has 0 bridgehead atoms. The van der Waals surface area contributed by atoms with Crippen LogP contribution in [0.4, 0.5) is 0 Å². The average molecular weight is 496 g/mol. The number of hydrogen-bond donors (Lipinski definition) is 1. The second-order valence-electron chi connectivity index (χ2n) is 7.97. The summed E-state index contributed by atoms with van der Waals surface area (Å²) in [5.41, 5.74) is 0.910. The van der Waals surface area contributed by atoms with Gasteiger partial charge in [-0.05, 0) is 37.6 Å². The molecule has 1 fully saturated rings. The first-order valence-corrected chi connectivity index (χ1v) is 11.6. The molecule has 8 nitrogen and oxygen atoms in total. The number of benzene rings is 2. The lowest BCUT2D eigenvalue weighted by Gasteiger charge is -2.26. The summed E-state index contributed by atoms with van der Waals surface area (Å²) in [5.74, 6) is -0.765. The predicted molar refractivity (Wildman–Crippen MR) is 131 cm³/mol. The van der Waals surface area contributed by atoms with E-state index in [4.69, 9.17) is 21.1 Å². The van der Waals surface area contributed by atoms with Crippen LogP contribution < -0.4 is 9.47 Å². The van der Waals surface area contributed by atoms with Crippen molar-refractivity contribution in [2.45, 2.75) is 25.9 Å². The quantitative estimate of drug-likeness (QED) is 0.268. The van der Waals surface area contributed by atoms with Crippen molar-refractivity contribution in [1.82, 2.24) is 14.5 Å². The zero-order valence-electron chi connectivity index (χ0n) is 19.5. The average Bonchev–Trinajstić information content (AvgIpc) is 3.47. The highest BCUT2D eigenvalue weighted by Crippen LogP contribution is 2.43. The van der Waals surface area contributed by atoms with E-state index in [0.717, 1.165) is 0 Å². The molecule has 0 saturated carbocycles. The van der Waals surface area contributed by atoms with Crippen molar-refractivity contribution in [3.8, 4) is 11.5 Å². The minimum atomic E-state index is -0.820. The highest BCUT2D eigenvalue weighted by Gasteiger charge is 2.46. The molecule has 1 aliphatic heterocycles. The lowest BCUT2D eigenvalue weighted by Crippen LogP contribution is -2.31. The third-order valence-corrected chi connectivity index (χ3v) is 6.15. The van der Waals surface area contributed by atoms with Gasteiger partial charge in [0.15, 0.2) is 0 Å². The number of imidazole rings is 1. The zero-order chi connectivity index (χ0) is 24.9. The van der Waals surface area contributed by atoms with Crippen molar-refractivity contribution in [2.75, 3.05) is 20.3 Å². The Balaban J connectivity index is 1.77. The van der Waals surface area contributed by atoms with Gasteiger partial charge in [0, 0.05) is 36.6 Å². The Labute approximate surface area is 208 Å². The van der Waals surface area contributed by atoms with Crippen LogP contribution >= 0.6 is 11.6 Å². The van der Waals surface area contributed by atoms with Crippen LogP contribution in [0.15, 0.2) is 66.8 Å². The second kappa shape index (κ2) is 10.7. The van der Waals surface area contributed by atoms with Gasteiger partial charge in [0.2, 0.25) is 0 Å². The summed E-state index contributed by atoms with van der Waals surface area (Å²) in [6, 6.07) is 11.1. The molecule has 2 heterocycles. The Morgan fingerprint density at radius 3 is 2.63 bits per heavy atom. The first-order valence-electron chi connectivity index (χ1n) is 11.3. The third kappa shape index (κ3) is 4.88.